The number of benzene rings is 2. The summed E-state index contributed by atoms with van der Waals surface area (Å²) in [5, 5.41) is 18.2. The molecule has 55 heavy (non-hydrogen) atoms. The summed E-state index contributed by atoms with van der Waals surface area (Å²) >= 11 is 0.775. The first-order valence-corrected chi connectivity index (χ1v) is 19.3. The molecular weight excluding hydrogens is 786 g/mol. The Morgan fingerprint density at radius 2 is 1.24 bits per heavy atom. The Hall–Kier alpha value is -1.76. The number of carbonyl (C=O) groups excluding carboxylic acids is 2. The van der Waals surface area contributed by atoms with E-state index in [-0.39, 0.29) is 119 Å². The SMILES string of the molecule is COc1cc2c(cc1OCCCCCOc1cc3c(cc1OC)C(=O)N1CC(OC)C[C@H]1[C@H](SOO[O-])N3)N[C@@H](S(=O)(=O)[O-])[C@@H]1CC(OC)CN1C2=O.[Na+].[Na+]. The first kappa shape index (κ1) is 45.9. The fourth-order valence-electron chi connectivity index (χ4n) is 7.26. The summed E-state index contributed by atoms with van der Waals surface area (Å²) in [4.78, 5) is 30.2. The van der Waals surface area contributed by atoms with Crippen LogP contribution in [0.2, 0.25) is 0 Å². The third-order valence-electron chi connectivity index (χ3n) is 9.95. The van der Waals surface area contributed by atoms with Gasteiger partial charge in [-0.15, -0.1) is 0 Å². The van der Waals surface area contributed by atoms with E-state index in [1.54, 1.807) is 24.1 Å². The van der Waals surface area contributed by atoms with Crippen molar-refractivity contribution in [1.29, 1.82) is 0 Å². The van der Waals surface area contributed by atoms with Crippen LogP contribution in [-0.4, -0.2) is 124 Å². The van der Waals surface area contributed by atoms with Crippen molar-refractivity contribution in [2.75, 3.05) is 65.4 Å². The predicted molar refractivity (Wildman–Crippen MR) is 186 cm³/mol. The molecule has 292 valence electrons. The normalized spacial score (nSPS) is 24.0. The number of fused-ring (bicyclic) bond motifs is 4. The van der Waals surface area contributed by atoms with E-state index in [0.29, 0.717) is 61.6 Å². The van der Waals surface area contributed by atoms with Crippen LogP contribution in [-0.2, 0) is 29.0 Å². The van der Waals surface area contributed by atoms with Gasteiger partial charge in [-0.3, -0.25) is 14.6 Å². The van der Waals surface area contributed by atoms with E-state index in [1.807, 2.05) is 0 Å². The molecule has 4 aliphatic heterocycles. The van der Waals surface area contributed by atoms with Crippen molar-refractivity contribution in [2.45, 2.75) is 67.1 Å². The van der Waals surface area contributed by atoms with Crippen molar-refractivity contribution in [3.63, 3.8) is 0 Å². The van der Waals surface area contributed by atoms with Crippen molar-refractivity contribution >= 4 is 45.4 Å². The Morgan fingerprint density at radius 1 is 0.745 bits per heavy atom. The topological polar surface area (TPSA) is 219 Å². The molecule has 0 spiro atoms. The van der Waals surface area contributed by atoms with Gasteiger partial charge in [0, 0.05) is 39.4 Å². The number of nitrogens with zero attached hydrogens (tertiary/aromatic N) is 2. The molecule has 2 unspecified atom stereocenters. The molecule has 0 aromatic heterocycles. The number of methoxy groups -OCH3 is 4. The molecule has 4 aliphatic rings. The second-order valence-corrected chi connectivity index (χ2v) is 15.3. The molecule has 2 fully saturated rings. The largest absolute Gasteiger partial charge is 1.00 e. The molecule has 6 atom stereocenters. The van der Waals surface area contributed by atoms with Gasteiger partial charge in [-0.2, -0.15) is 4.33 Å². The molecule has 0 aliphatic carbocycles. The number of hydrogen-bond donors (Lipinski definition) is 2. The van der Waals surface area contributed by atoms with Crippen molar-refractivity contribution in [1.82, 2.24) is 9.80 Å². The Bertz CT molecular complexity index is 1780. The third-order valence-corrected chi connectivity index (χ3v) is 11.8. The molecule has 0 saturated carbocycles. The van der Waals surface area contributed by atoms with E-state index in [1.165, 1.54) is 38.4 Å². The molecule has 2 N–H and O–H groups in total. The van der Waals surface area contributed by atoms with Gasteiger partial charge in [-0.1, -0.05) is 0 Å². The van der Waals surface area contributed by atoms with Gasteiger partial charge in [0.25, 0.3) is 11.8 Å². The Balaban J connectivity index is 0.00000336. The fraction of sp³-hybridized carbons (Fsp3) is 0.576. The third kappa shape index (κ3) is 10.1. The molecule has 0 bridgehead atoms. The second kappa shape index (κ2) is 20.3. The van der Waals surface area contributed by atoms with Gasteiger partial charge in [0.15, 0.2) is 23.0 Å². The molecule has 6 rings (SSSR count). The van der Waals surface area contributed by atoms with Crippen LogP contribution in [0.4, 0.5) is 11.4 Å². The maximum absolute atomic E-state index is 13.6. The fourth-order valence-corrected chi connectivity index (χ4v) is 8.85. The zero-order chi connectivity index (χ0) is 37.9. The summed E-state index contributed by atoms with van der Waals surface area (Å²) in [6.45, 7) is 1.11. The molecule has 22 heteroatoms. The molecule has 18 nitrogen and oxygen atoms in total. The van der Waals surface area contributed by atoms with Gasteiger partial charge in [0.05, 0.1) is 86.3 Å². The zero-order valence-electron chi connectivity index (χ0n) is 31.6. The predicted octanol–water partition coefficient (Wildman–Crippen LogP) is -4.28. The van der Waals surface area contributed by atoms with E-state index in [9.17, 15) is 27.8 Å². The molecule has 2 amide bonds. The Morgan fingerprint density at radius 3 is 1.71 bits per heavy atom. The zero-order valence-corrected chi connectivity index (χ0v) is 37.2. The number of hydrogen-bond acceptors (Lipinski definition) is 17. The van der Waals surface area contributed by atoms with Crippen LogP contribution in [0, 0.1) is 0 Å². The maximum atomic E-state index is 13.6. The molecule has 2 saturated heterocycles. The quantitative estimate of drug-likeness (QED) is 0.0409. The Kier molecular flexibility index (Phi) is 16.9. The smallest absolute Gasteiger partial charge is 0.746 e. The van der Waals surface area contributed by atoms with Crippen LogP contribution in [0.5, 0.6) is 23.0 Å². The standard InChI is InChI=1S/C33H44N4O14S2.2Na/c1-44-18-10-24-30(52-51-50-40)34-22-14-28(26(46-3)12-20(22)32(38)36(24)16-18)48-8-6-5-7-9-49-29-15-23-21(13-27(29)47-4)33(39)37-17-19(45-2)11-25(37)31(35-23)53(41,42)43;;/h12-15,18-19,24-25,30-31,34-35,40H,5-11,16-17H2,1-4H3,(H,41,42,43);;/q;2*+1/p-2/t18?,19?,24-,25-,30-,31-;;/m0../s1. The molecule has 0 radical (unpaired) electrons. The summed E-state index contributed by atoms with van der Waals surface area (Å²) in [6.07, 6.45) is 2.10. The van der Waals surface area contributed by atoms with E-state index < -0.39 is 38.9 Å². The number of rotatable bonds is 16. The number of amides is 2. The van der Waals surface area contributed by atoms with Crippen molar-refractivity contribution in [3.05, 3.63) is 35.4 Å². The Labute approximate surface area is 367 Å². The van der Waals surface area contributed by atoms with Crippen LogP contribution in [0.25, 0.3) is 0 Å². The van der Waals surface area contributed by atoms with Crippen molar-refractivity contribution in [3.8, 4) is 23.0 Å². The summed E-state index contributed by atoms with van der Waals surface area (Å²) in [6, 6.07) is 5.02. The first-order valence-electron chi connectivity index (χ1n) is 17.0. The summed E-state index contributed by atoms with van der Waals surface area (Å²) in [5.41, 5.74) is 1.18. The van der Waals surface area contributed by atoms with E-state index in [2.05, 4.69) is 20.0 Å². The average Bonchev–Trinajstić information content (AvgIpc) is 3.74. The van der Waals surface area contributed by atoms with Crippen molar-refractivity contribution < 1.29 is 125 Å². The van der Waals surface area contributed by atoms with Crippen molar-refractivity contribution in [2.24, 2.45) is 0 Å². The number of nitrogens with one attached hydrogen (secondary N) is 2. The van der Waals surface area contributed by atoms with Crippen LogP contribution >= 0.6 is 12.0 Å². The number of carbonyl (C=O) groups is 2. The minimum absolute atomic E-state index is 0. The number of ether oxygens (including phenoxy) is 6. The molecule has 2 aromatic carbocycles. The summed E-state index contributed by atoms with van der Waals surface area (Å²) in [5.74, 6) is 0.678. The van der Waals surface area contributed by atoms with E-state index in [4.69, 9.17) is 28.4 Å². The summed E-state index contributed by atoms with van der Waals surface area (Å²) < 4.78 is 75.6. The van der Waals surface area contributed by atoms with Gasteiger partial charge in [-0.05, 0) is 44.2 Å². The monoisotopic (exact) mass is 828 g/mol. The molecule has 4 heterocycles. The first-order chi connectivity index (χ1) is 25.5. The molecular formula is C33H42N4Na2O14S2. The number of unbranched alkanes of at least 4 members (excludes halogenated alkanes) is 2. The van der Waals surface area contributed by atoms with E-state index in [0.717, 1.165) is 12.0 Å². The van der Waals surface area contributed by atoms with Gasteiger partial charge in [0.1, 0.15) is 20.9 Å². The van der Waals surface area contributed by atoms with E-state index >= 15 is 0 Å². The average molecular weight is 829 g/mol. The van der Waals surface area contributed by atoms with Gasteiger partial charge in [0.2, 0.25) is 0 Å². The van der Waals surface area contributed by atoms with Crippen LogP contribution in [0.15, 0.2) is 24.3 Å². The summed E-state index contributed by atoms with van der Waals surface area (Å²) in [7, 11) is 1.12. The number of anilines is 2. The van der Waals surface area contributed by atoms with Crippen LogP contribution in [0.1, 0.15) is 52.8 Å². The molecule has 2 aromatic rings. The van der Waals surface area contributed by atoms with Gasteiger partial charge < -0.3 is 58.7 Å². The van der Waals surface area contributed by atoms with Gasteiger partial charge >= 0.3 is 59.1 Å². The van der Waals surface area contributed by atoms with Gasteiger partial charge in [-0.25, -0.2) is 8.42 Å². The van der Waals surface area contributed by atoms with Crippen LogP contribution < -0.4 is 94.0 Å². The van der Waals surface area contributed by atoms with Crippen LogP contribution in [0.3, 0.4) is 0 Å². The second-order valence-electron chi connectivity index (χ2n) is 12.9. The minimum Gasteiger partial charge on any atom is -0.746 e. The minimum atomic E-state index is -4.85. The maximum Gasteiger partial charge on any atom is 1.00 e.